The maximum Gasteiger partial charge on any atom is 0.256 e. The number of methoxy groups -OCH3 is 1. The normalized spacial score (nSPS) is 10.6. The molecule has 0 unspecified atom stereocenters. The molecular formula is C20H19BrN2O3. The molecule has 1 amide bonds. The van der Waals surface area contributed by atoms with Crippen LogP contribution in [0.1, 0.15) is 23.0 Å². The Morgan fingerprint density at radius 2 is 1.96 bits per heavy atom. The number of aromatic nitrogens is 1. The van der Waals surface area contributed by atoms with Crippen LogP contribution in [-0.2, 0) is 0 Å². The fourth-order valence-corrected chi connectivity index (χ4v) is 3.09. The third-order valence-corrected chi connectivity index (χ3v) is 4.36. The van der Waals surface area contributed by atoms with E-state index in [1.165, 1.54) is 0 Å². The van der Waals surface area contributed by atoms with Crippen LogP contribution in [0.5, 0.6) is 11.5 Å². The van der Waals surface area contributed by atoms with Gasteiger partial charge < -0.3 is 14.8 Å². The van der Waals surface area contributed by atoms with E-state index < -0.39 is 0 Å². The van der Waals surface area contributed by atoms with Crippen LogP contribution in [0, 0.1) is 6.92 Å². The van der Waals surface area contributed by atoms with E-state index in [4.69, 9.17) is 9.47 Å². The Labute approximate surface area is 160 Å². The first-order chi connectivity index (χ1) is 12.5. The van der Waals surface area contributed by atoms with Gasteiger partial charge in [-0.15, -0.1) is 0 Å². The van der Waals surface area contributed by atoms with E-state index in [1.807, 2.05) is 32.0 Å². The highest BCUT2D eigenvalue weighted by atomic mass is 79.9. The molecule has 1 N–H and O–H groups in total. The molecule has 3 aromatic rings. The number of amides is 1. The number of aryl methyl sites for hydroxylation is 1. The van der Waals surface area contributed by atoms with Crippen molar-refractivity contribution in [2.24, 2.45) is 0 Å². The highest BCUT2D eigenvalue weighted by molar-refractivity contribution is 9.10. The molecule has 0 spiro atoms. The van der Waals surface area contributed by atoms with Crippen molar-refractivity contribution in [2.75, 3.05) is 19.0 Å². The summed E-state index contributed by atoms with van der Waals surface area (Å²) >= 11 is 3.44. The molecule has 0 radical (unpaired) electrons. The number of halogens is 1. The number of benzene rings is 2. The SMILES string of the molecule is CCOc1cc(NC(=O)c2cc(C)nc3cc(Br)ccc23)ccc1OC. The number of ether oxygens (including phenoxy) is 2. The van der Waals surface area contributed by atoms with Gasteiger partial charge in [-0.1, -0.05) is 22.0 Å². The molecule has 0 fully saturated rings. The smallest absolute Gasteiger partial charge is 0.256 e. The lowest BCUT2D eigenvalue weighted by molar-refractivity contribution is 0.102. The number of pyridine rings is 1. The lowest BCUT2D eigenvalue weighted by Gasteiger charge is -2.13. The number of nitrogens with one attached hydrogen (secondary N) is 1. The molecule has 3 rings (SSSR count). The van der Waals surface area contributed by atoms with Crippen LogP contribution in [0.4, 0.5) is 5.69 Å². The largest absolute Gasteiger partial charge is 0.493 e. The Hall–Kier alpha value is -2.60. The van der Waals surface area contributed by atoms with E-state index in [-0.39, 0.29) is 5.91 Å². The molecule has 0 atom stereocenters. The minimum atomic E-state index is -0.199. The fraction of sp³-hybridized carbons (Fsp3) is 0.200. The van der Waals surface area contributed by atoms with Gasteiger partial charge in [0.1, 0.15) is 0 Å². The van der Waals surface area contributed by atoms with Gasteiger partial charge >= 0.3 is 0 Å². The molecule has 0 bridgehead atoms. The molecule has 1 heterocycles. The molecule has 26 heavy (non-hydrogen) atoms. The van der Waals surface area contributed by atoms with E-state index in [9.17, 15) is 4.79 Å². The molecule has 1 aromatic heterocycles. The van der Waals surface area contributed by atoms with Crippen LogP contribution in [0.2, 0.25) is 0 Å². The standard InChI is InChI=1S/C20H19BrN2O3/c1-4-26-19-11-14(6-8-18(19)25-3)23-20(24)16-9-12(2)22-17-10-13(21)5-7-15(16)17/h5-11H,4H2,1-3H3,(H,23,24). The summed E-state index contributed by atoms with van der Waals surface area (Å²) in [7, 11) is 1.58. The molecular weight excluding hydrogens is 396 g/mol. The third-order valence-electron chi connectivity index (χ3n) is 3.87. The molecule has 0 aliphatic rings. The van der Waals surface area contributed by atoms with Crippen molar-refractivity contribution in [1.29, 1.82) is 0 Å². The van der Waals surface area contributed by atoms with Gasteiger partial charge in [0.2, 0.25) is 0 Å². The molecule has 134 valence electrons. The first-order valence-electron chi connectivity index (χ1n) is 8.21. The summed E-state index contributed by atoms with van der Waals surface area (Å²) in [6, 6.07) is 12.8. The summed E-state index contributed by atoms with van der Waals surface area (Å²) in [5.74, 6) is 1.02. The number of carbonyl (C=O) groups is 1. The second kappa shape index (κ2) is 7.74. The summed E-state index contributed by atoms with van der Waals surface area (Å²) in [5.41, 5.74) is 2.77. The van der Waals surface area contributed by atoms with Gasteiger partial charge in [-0.2, -0.15) is 0 Å². The zero-order valence-electron chi connectivity index (χ0n) is 14.8. The molecule has 0 aliphatic carbocycles. The lowest BCUT2D eigenvalue weighted by Crippen LogP contribution is -2.13. The van der Waals surface area contributed by atoms with Gasteiger partial charge in [-0.3, -0.25) is 9.78 Å². The number of anilines is 1. The van der Waals surface area contributed by atoms with Crippen molar-refractivity contribution in [1.82, 2.24) is 4.98 Å². The van der Waals surface area contributed by atoms with Crippen molar-refractivity contribution >= 4 is 38.4 Å². The Bertz CT molecular complexity index is 967. The van der Waals surface area contributed by atoms with Crippen LogP contribution < -0.4 is 14.8 Å². The predicted molar refractivity (Wildman–Crippen MR) is 106 cm³/mol. The summed E-state index contributed by atoms with van der Waals surface area (Å²) in [6.07, 6.45) is 0. The average Bonchev–Trinajstić information content (AvgIpc) is 2.61. The maximum atomic E-state index is 12.9. The Kier molecular flexibility index (Phi) is 5.42. The summed E-state index contributed by atoms with van der Waals surface area (Å²) in [4.78, 5) is 17.4. The zero-order valence-corrected chi connectivity index (χ0v) is 16.4. The van der Waals surface area contributed by atoms with Crippen molar-refractivity contribution < 1.29 is 14.3 Å². The molecule has 0 saturated carbocycles. The van der Waals surface area contributed by atoms with Gasteiger partial charge in [-0.25, -0.2) is 0 Å². The molecule has 0 saturated heterocycles. The molecule has 6 heteroatoms. The van der Waals surface area contributed by atoms with Crippen LogP contribution in [0.25, 0.3) is 10.9 Å². The zero-order chi connectivity index (χ0) is 18.7. The first kappa shape index (κ1) is 18.2. The molecule has 5 nitrogen and oxygen atoms in total. The van der Waals surface area contributed by atoms with Gasteiger partial charge in [0.15, 0.2) is 11.5 Å². The quantitative estimate of drug-likeness (QED) is 0.640. The van der Waals surface area contributed by atoms with E-state index in [0.29, 0.717) is 29.4 Å². The van der Waals surface area contributed by atoms with E-state index in [1.54, 1.807) is 31.4 Å². The summed E-state index contributed by atoms with van der Waals surface area (Å²) < 4.78 is 11.8. The van der Waals surface area contributed by atoms with Gasteiger partial charge in [0.05, 0.1) is 24.8 Å². The van der Waals surface area contributed by atoms with Crippen molar-refractivity contribution in [3.63, 3.8) is 0 Å². The summed E-state index contributed by atoms with van der Waals surface area (Å²) in [5, 5.41) is 3.73. The highest BCUT2D eigenvalue weighted by Gasteiger charge is 2.14. The number of hydrogen-bond donors (Lipinski definition) is 1. The number of hydrogen-bond acceptors (Lipinski definition) is 4. The van der Waals surface area contributed by atoms with Gasteiger partial charge in [0.25, 0.3) is 5.91 Å². The fourth-order valence-electron chi connectivity index (χ4n) is 2.74. The number of nitrogens with zero attached hydrogens (tertiary/aromatic N) is 1. The molecule has 2 aromatic carbocycles. The Morgan fingerprint density at radius 3 is 2.69 bits per heavy atom. The monoisotopic (exact) mass is 414 g/mol. The topological polar surface area (TPSA) is 60.5 Å². The van der Waals surface area contributed by atoms with Crippen molar-refractivity contribution in [3.05, 3.63) is 58.2 Å². The van der Waals surface area contributed by atoms with E-state index in [0.717, 1.165) is 21.1 Å². The van der Waals surface area contributed by atoms with E-state index in [2.05, 4.69) is 26.2 Å². The summed E-state index contributed by atoms with van der Waals surface area (Å²) in [6.45, 7) is 4.28. The second-order valence-corrected chi connectivity index (χ2v) is 6.64. The second-order valence-electron chi connectivity index (χ2n) is 5.73. The van der Waals surface area contributed by atoms with Gasteiger partial charge in [-0.05, 0) is 44.2 Å². The highest BCUT2D eigenvalue weighted by Crippen LogP contribution is 2.31. The van der Waals surface area contributed by atoms with Crippen LogP contribution in [-0.4, -0.2) is 24.6 Å². The number of carbonyl (C=O) groups excluding carboxylic acids is 1. The van der Waals surface area contributed by atoms with Crippen LogP contribution in [0.3, 0.4) is 0 Å². The maximum absolute atomic E-state index is 12.9. The van der Waals surface area contributed by atoms with Crippen LogP contribution >= 0.6 is 15.9 Å². The average molecular weight is 415 g/mol. The third kappa shape index (κ3) is 3.80. The minimum absolute atomic E-state index is 0.199. The molecule has 0 aliphatic heterocycles. The minimum Gasteiger partial charge on any atom is -0.493 e. The predicted octanol–water partition coefficient (Wildman–Crippen LogP) is 4.97. The number of fused-ring (bicyclic) bond motifs is 1. The Morgan fingerprint density at radius 1 is 1.15 bits per heavy atom. The lowest BCUT2D eigenvalue weighted by atomic mass is 10.1. The van der Waals surface area contributed by atoms with Crippen LogP contribution in [0.15, 0.2) is 46.9 Å². The van der Waals surface area contributed by atoms with Crippen molar-refractivity contribution in [2.45, 2.75) is 13.8 Å². The van der Waals surface area contributed by atoms with Gasteiger partial charge in [0, 0.05) is 27.3 Å². The van der Waals surface area contributed by atoms with Crippen molar-refractivity contribution in [3.8, 4) is 11.5 Å². The Balaban J connectivity index is 1.96. The number of rotatable bonds is 5. The van der Waals surface area contributed by atoms with E-state index >= 15 is 0 Å². The first-order valence-corrected chi connectivity index (χ1v) is 9.00.